The van der Waals surface area contributed by atoms with Gasteiger partial charge in [-0.3, -0.25) is 4.79 Å². The van der Waals surface area contributed by atoms with Gasteiger partial charge in [0.2, 0.25) is 0 Å². The van der Waals surface area contributed by atoms with Crippen LogP contribution in [0.2, 0.25) is 0 Å². The zero-order valence-electron chi connectivity index (χ0n) is 20.6. The molecule has 0 radical (unpaired) electrons. The lowest BCUT2D eigenvalue weighted by Crippen LogP contribution is -2.43. The van der Waals surface area contributed by atoms with E-state index in [0.717, 1.165) is 15.9 Å². The molecule has 0 amide bonds. The molecule has 0 bridgehead atoms. The third-order valence-corrected chi connectivity index (χ3v) is 10.6. The van der Waals surface area contributed by atoms with E-state index in [1.54, 1.807) is 6.92 Å². The Labute approximate surface area is 211 Å². The summed E-state index contributed by atoms with van der Waals surface area (Å²) in [5.41, 5.74) is -0.222. The Morgan fingerprint density at radius 1 is 0.861 bits per heavy atom. The minimum absolute atomic E-state index is 0.123. The second-order valence-corrected chi connectivity index (χ2v) is 12.4. The van der Waals surface area contributed by atoms with Gasteiger partial charge < -0.3 is 19.3 Å². The van der Waals surface area contributed by atoms with Gasteiger partial charge in [-0.15, -0.1) is 0 Å². The molecule has 0 saturated carbocycles. The summed E-state index contributed by atoms with van der Waals surface area (Å²) in [5, 5.41) is 13.9. The first-order chi connectivity index (χ1) is 17.3. The van der Waals surface area contributed by atoms with Crippen molar-refractivity contribution in [1.29, 1.82) is 0 Å². The lowest BCUT2D eigenvalue weighted by Gasteiger charge is -2.34. The first kappa shape index (κ1) is 25.5. The molecule has 36 heavy (non-hydrogen) atoms. The zero-order chi connectivity index (χ0) is 25.8. The highest BCUT2D eigenvalue weighted by molar-refractivity contribution is 7.95. The minimum atomic E-state index is -2.55. The molecular formula is C29H30O6P+. The monoisotopic (exact) mass is 505 g/mol. The maximum absolute atomic E-state index is 13.5. The molecule has 6 nitrogen and oxygen atoms in total. The summed E-state index contributed by atoms with van der Waals surface area (Å²) in [4.78, 5) is 26.6. The summed E-state index contributed by atoms with van der Waals surface area (Å²) in [5.74, 6) is -4.50. The molecule has 1 heterocycles. The van der Waals surface area contributed by atoms with Crippen LogP contribution in [0.15, 0.2) is 103 Å². The van der Waals surface area contributed by atoms with Gasteiger partial charge in [0.05, 0.1) is 12.8 Å². The first-order valence-electron chi connectivity index (χ1n) is 11.9. The van der Waals surface area contributed by atoms with Gasteiger partial charge in [-0.05, 0) is 43.3 Å². The van der Waals surface area contributed by atoms with E-state index in [9.17, 15) is 14.7 Å². The maximum atomic E-state index is 13.5. The van der Waals surface area contributed by atoms with Crippen LogP contribution >= 0.6 is 7.26 Å². The molecule has 3 aromatic rings. The molecule has 0 aromatic heterocycles. The van der Waals surface area contributed by atoms with Crippen LogP contribution in [0, 0.1) is 5.92 Å². The lowest BCUT2D eigenvalue weighted by atomic mass is 10.0. The molecule has 0 fully saturated rings. The van der Waals surface area contributed by atoms with Gasteiger partial charge in [0.25, 0.3) is 11.7 Å². The van der Waals surface area contributed by atoms with Gasteiger partial charge in [-0.2, -0.15) is 0 Å². The number of cyclic esters (lactones) is 1. The predicted molar refractivity (Wildman–Crippen MR) is 141 cm³/mol. The van der Waals surface area contributed by atoms with Gasteiger partial charge in [-0.1, -0.05) is 54.6 Å². The number of aliphatic hydroxyl groups is 1. The Hall–Kier alpha value is -3.63. The average Bonchev–Trinajstić information content (AvgIpc) is 2.87. The third-order valence-electron chi connectivity index (χ3n) is 6.10. The van der Waals surface area contributed by atoms with Crippen LogP contribution in [-0.4, -0.2) is 35.6 Å². The molecule has 7 heteroatoms. The molecule has 4 rings (SSSR count). The summed E-state index contributed by atoms with van der Waals surface area (Å²) < 4.78 is 16.3. The highest BCUT2D eigenvalue weighted by atomic mass is 31.2. The third kappa shape index (κ3) is 5.00. The van der Waals surface area contributed by atoms with Crippen molar-refractivity contribution in [3.05, 3.63) is 103 Å². The molecule has 1 aliphatic heterocycles. The van der Waals surface area contributed by atoms with Crippen LogP contribution < -0.4 is 15.9 Å². The molecule has 0 saturated heterocycles. The van der Waals surface area contributed by atoms with E-state index in [1.807, 2.05) is 91.0 Å². The van der Waals surface area contributed by atoms with Crippen molar-refractivity contribution in [2.24, 2.45) is 5.92 Å². The van der Waals surface area contributed by atoms with Crippen molar-refractivity contribution in [3.63, 3.8) is 0 Å². The standard InChI is InChI=1S/C29H29O6P/c1-4-33-26(30)24(25-27(31)34-29(2,3)35-28(25)32)20-36(21-14-8-5-9-15-21,22-16-10-6-11-17-22)23-18-12-7-13-19-23/h5-19,24H,4,20H2,1-3H3/p+1. The highest BCUT2D eigenvalue weighted by Gasteiger charge is 2.53. The summed E-state index contributed by atoms with van der Waals surface area (Å²) >= 11 is 0. The minimum Gasteiger partial charge on any atom is -0.480 e. The summed E-state index contributed by atoms with van der Waals surface area (Å²) in [6.07, 6.45) is 0.197. The van der Waals surface area contributed by atoms with Crippen molar-refractivity contribution in [1.82, 2.24) is 0 Å². The van der Waals surface area contributed by atoms with Crippen LogP contribution in [0.1, 0.15) is 20.8 Å². The number of hydrogen-bond acceptors (Lipinski definition) is 6. The van der Waals surface area contributed by atoms with Crippen LogP contribution in [0.25, 0.3) is 0 Å². The van der Waals surface area contributed by atoms with Crippen molar-refractivity contribution in [3.8, 4) is 0 Å². The quantitative estimate of drug-likeness (QED) is 0.364. The van der Waals surface area contributed by atoms with Gasteiger partial charge in [0, 0.05) is 13.8 Å². The summed E-state index contributed by atoms with van der Waals surface area (Å²) in [6, 6.07) is 29.9. The molecule has 1 N–H and O–H groups in total. The van der Waals surface area contributed by atoms with E-state index >= 15 is 0 Å². The Bertz CT molecular complexity index is 1140. The SMILES string of the molecule is CCOC(=O)C(C[P+](c1ccccc1)(c1ccccc1)c1ccccc1)C1=C(O)OC(C)(C)OC1=O. The maximum Gasteiger partial charge on any atom is 0.345 e. The summed E-state index contributed by atoms with van der Waals surface area (Å²) in [6.45, 7) is 4.87. The molecule has 1 unspecified atom stereocenters. The second-order valence-electron chi connectivity index (χ2n) is 8.91. The Morgan fingerprint density at radius 3 is 1.69 bits per heavy atom. The van der Waals surface area contributed by atoms with E-state index in [1.165, 1.54) is 13.8 Å². The molecule has 0 spiro atoms. The van der Waals surface area contributed by atoms with Crippen LogP contribution in [-0.2, 0) is 23.8 Å². The first-order valence-corrected chi connectivity index (χ1v) is 13.8. The van der Waals surface area contributed by atoms with Crippen molar-refractivity contribution < 1.29 is 28.9 Å². The van der Waals surface area contributed by atoms with Crippen molar-refractivity contribution in [2.45, 2.75) is 26.6 Å². The smallest absolute Gasteiger partial charge is 0.345 e. The van der Waals surface area contributed by atoms with Gasteiger partial charge in [-0.25, -0.2) is 4.79 Å². The van der Waals surface area contributed by atoms with E-state index in [0.29, 0.717) is 0 Å². The zero-order valence-corrected chi connectivity index (χ0v) is 21.5. The number of carbonyl (C=O) groups excluding carboxylic acids is 2. The fourth-order valence-electron chi connectivity index (χ4n) is 4.58. The van der Waals surface area contributed by atoms with Crippen molar-refractivity contribution >= 4 is 35.1 Å². The van der Waals surface area contributed by atoms with Gasteiger partial charge in [0.1, 0.15) is 34.7 Å². The van der Waals surface area contributed by atoms with Crippen LogP contribution in [0.3, 0.4) is 0 Å². The predicted octanol–water partition coefficient (Wildman–Crippen LogP) is 4.24. The van der Waals surface area contributed by atoms with E-state index < -0.39 is 36.9 Å². The Morgan fingerprint density at radius 2 is 1.31 bits per heavy atom. The number of benzene rings is 3. The van der Waals surface area contributed by atoms with Crippen LogP contribution in [0.5, 0.6) is 0 Å². The fraction of sp³-hybridized carbons (Fsp3) is 0.241. The van der Waals surface area contributed by atoms with E-state index in [4.69, 9.17) is 14.2 Å². The molecule has 186 valence electrons. The van der Waals surface area contributed by atoms with Gasteiger partial charge in [0.15, 0.2) is 0 Å². The molecule has 1 atom stereocenters. The normalized spacial score (nSPS) is 16.0. The number of carbonyl (C=O) groups is 2. The summed E-state index contributed by atoms with van der Waals surface area (Å²) in [7, 11) is -2.55. The number of esters is 2. The number of ether oxygens (including phenoxy) is 3. The molecule has 3 aromatic carbocycles. The Kier molecular flexibility index (Phi) is 7.46. The largest absolute Gasteiger partial charge is 0.480 e. The highest BCUT2D eigenvalue weighted by Crippen LogP contribution is 2.57. The molecule has 1 aliphatic rings. The fourth-order valence-corrected chi connectivity index (χ4v) is 9.03. The topological polar surface area (TPSA) is 82.1 Å². The van der Waals surface area contributed by atoms with E-state index in [-0.39, 0.29) is 18.3 Å². The van der Waals surface area contributed by atoms with Gasteiger partial charge >= 0.3 is 11.9 Å². The molecular weight excluding hydrogens is 475 g/mol. The second kappa shape index (κ2) is 10.5. The number of hydrogen-bond donors (Lipinski definition) is 1. The molecule has 0 aliphatic carbocycles. The van der Waals surface area contributed by atoms with Crippen LogP contribution in [0.4, 0.5) is 0 Å². The van der Waals surface area contributed by atoms with E-state index in [2.05, 4.69) is 0 Å². The number of rotatable bonds is 8. The number of aliphatic hydroxyl groups excluding tert-OH is 1. The average molecular weight is 506 g/mol. The lowest BCUT2D eigenvalue weighted by molar-refractivity contribution is -0.223. The Balaban J connectivity index is 1.99. The van der Waals surface area contributed by atoms with Crippen molar-refractivity contribution in [2.75, 3.05) is 12.8 Å².